The monoisotopic (exact) mass is 337 g/mol. The summed E-state index contributed by atoms with van der Waals surface area (Å²) in [7, 11) is 2.05. The molecule has 0 fully saturated rings. The van der Waals surface area contributed by atoms with E-state index in [0.717, 1.165) is 17.9 Å². The lowest BCUT2D eigenvalue weighted by Crippen LogP contribution is -2.35. The molecule has 1 atom stereocenters. The van der Waals surface area contributed by atoms with Gasteiger partial charge in [0.05, 0.1) is 11.4 Å². The molecule has 3 aromatic rings. The van der Waals surface area contributed by atoms with Crippen LogP contribution < -0.4 is 15.5 Å². The van der Waals surface area contributed by atoms with E-state index in [1.54, 1.807) is 18.3 Å². The van der Waals surface area contributed by atoms with E-state index in [-0.39, 0.29) is 11.6 Å². The number of benzene rings is 1. The summed E-state index contributed by atoms with van der Waals surface area (Å²) >= 11 is 0. The number of para-hydroxylation sites is 2. The van der Waals surface area contributed by atoms with Gasteiger partial charge < -0.3 is 9.80 Å². The van der Waals surface area contributed by atoms with Crippen LogP contribution in [0.3, 0.4) is 0 Å². The number of pyridine rings is 1. The zero-order valence-electron chi connectivity index (χ0n) is 14.1. The second-order valence-corrected chi connectivity index (χ2v) is 6.56. The van der Waals surface area contributed by atoms with Crippen molar-refractivity contribution in [2.75, 3.05) is 29.9 Å². The highest BCUT2D eigenvalue weighted by Crippen LogP contribution is 2.33. The minimum atomic E-state index is -0.315. The van der Waals surface area contributed by atoms with Crippen molar-refractivity contribution < 1.29 is 4.79 Å². The van der Waals surface area contributed by atoms with Crippen LogP contribution in [-0.2, 0) is 0 Å². The van der Waals surface area contributed by atoms with Crippen molar-refractivity contribution in [1.29, 1.82) is 0 Å². The third-order valence-corrected chi connectivity index (χ3v) is 4.58. The van der Waals surface area contributed by atoms with Gasteiger partial charge >= 0.3 is 5.69 Å². The lowest BCUT2D eigenvalue weighted by Gasteiger charge is -2.24. The molecule has 0 saturated heterocycles. The maximum absolute atomic E-state index is 13.2. The van der Waals surface area contributed by atoms with E-state index in [9.17, 15) is 9.59 Å². The van der Waals surface area contributed by atoms with Crippen LogP contribution in [0.1, 0.15) is 17.3 Å². The number of nitrogens with zero attached hydrogens (tertiary/aromatic N) is 4. The number of carbonyl (C=O) groups excluding carboxylic acids is 1. The molecule has 0 saturated carbocycles. The Bertz CT molecular complexity index is 1010. The van der Waals surface area contributed by atoms with Gasteiger partial charge in [0, 0.05) is 31.9 Å². The van der Waals surface area contributed by atoms with Gasteiger partial charge in [-0.3, -0.25) is 9.20 Å². The maximum atomic E-state index is 13.2. The second-order valence-electron chi connectivity index (χ2n) is 6.56. The van der Waals surface area contributed by atoms with Crippen LogP contribution in [0.4, 0.5) is 11.4 Å². The summed E-state index contributed by atoms with van der Waals surface area (Å²) in [4.78, 5) is 28.8. The first-order valence-electron chi connectivity index (χ1n) is 8.23. The zero-order chi connectivity index (χ0) is 17.6. The van der Waals surface area contributed by atoms with Gasteiger partial charge in [-0.1, -0.05) is 19.1 Å². The molecular formula is C18H19N5O2. The number of hydrogen-bond donors (Lipinski definition) is 1. The average Bonchev–Trinajstić information content (AvgIpc) is 2.93. The number of H-pyrrole nitrogens is 1. The Kier molecular flexibility index (Phi) is 3.56. The molecule has 0 bridgehead atoms. The van der Waals surface area contributed by atoms with Crippen molar-refractivity contribution in [3.05, 3.63) is 58.6 Å². The molecule has 2 aromatic heterocycles. The maximum Gasteiger partial charge on any atom is 0.347 e. The molecule has 1 aromatic carbocycles. The van der Waals surface area contributed by atoms with Crippen molar-refractivity contribution in [3.63, 3.8) is 0 Å². The number of hydrogen-bond acceptors (Lipinski definition) is 4. The van der Waals surface area contributed by atoms with Crippen molar-refractivity contribution >= 4 is 22.9 Å². The lowest BCUT2D eigenvalue weighted by atomic mass is 10.1. The molecule has 1 aliphatic heterocycles. The van der Waals surface area contributed by atoms with Crippen LogP contribution in [0.25, 0.3) is 5.65 Å². The first-order valence-corrected chi connectivity index (χ1v) is 8.23. The number of amides is 1. The van der Waals surface area contributed by atoms with Gasteiger partial charge in [-0.15, -0.1) is 0 Å². The summed E-state index contributed by atoms with van der Waals surface area (Å²) in [6.45, 7) is 3.66. The number of aromatic nitrogens is 3. The quantitative estimate of drug-likeness (QED) is 0.734. The van der Waals surface area contributed by atoms with E-state index >= 15 is 0 Å². The Hall–Kier alpha value is -3.09. The molecule has 7 nitrogen and oxygen atoms in total. The van der Waals surface area contributed by atoms with Crippen molar-refractivity contribution in [2.45, 2.75) is 6.92 Å². The average molecular weight is 337 g/mol. The molecule has 1 amide bonds. The van der Waals surface area contributed by atoms with Crippen LogP contribution in [-0.4, -0.2) is 40.6 Å². The summed E-state index contributed by atoms with van der Waals surface area (Å²) in [5.41, 5.74) is 2.57. The number of nitrogens with one attached hydrogen (secondary N) is 1. The van der Waals surface area contributed by atoms with E-state index in [1.165, 1.54) is 4.40 Å². The number of carbonyl (C=O) groups is 1. The van der Waals surface area contributed by atoms with Gasteiger partial charge in [-0.2, -0.15) is 5.10 Å². The highest BCUT2D eigenvalue weighted by atomic mass is 16.2. The molecular weight excluding hydrogens is 318 g/mol. The number of aromatic amines is 1. The highest BCUT2D eigenvalue weighted by molar-refractivity contribution is 6.08. The zero-order valence-corrected chi connectivity index (χ0v) is 14.1. The van der Waals surface area contributed by atoms with Crippen molar-refractivity contribution in [1.82, 2.24) is 14.6 Å². The Morgan fingerprint density at radius 3 is 2.76 bits per heavy atom. The summed E-state index contributed by atoms with van der Waals surface area (Å²) in [5.74, 6) is 0.241. The Morgan fingerprint density at radius 2 is 1.96 bits per heavy atom. The van der Waals surface area contributed by atoms with Gasteiger partial charge in [0.15, 0.2) is 5.65 Å². The SMILES string of the molecule is CC1CN(C)c2ccccc2N(C(=O)c2ccn3c(=O)[nH]nc3c2)C1. The van der Waals surface area contributed by atoms with Crippen LogP contribution in [0.15, 0.2) is 47.4 Å². The number of fused-ring (bicyclic) bond motifs is 2. The Labute approximate surface area is 144 Å². The fourth-order valence-electron chi connectivity index (χ4n) is 3.43. The largest absolute Gasteiger partial charge is 0.373 e. The molecule has 4 rings (SSSR count). The molecule has 0 spiro atoms. The lowest BCUT2D eigenvalue weighted by molar-refractivity contribution is 0.0984. The summed E-state index contributed by atoms with van der Waals surface area (Å²) in [6, 6.07) is 11.2. The second kappa shape index (κ2) is 5.77. The minimum Gasteiger partial charge on any atom is -0.373 e. The van der Waals surface area contributed by atoms with Gasteiger partial charge in [0.25, 0.3) is 5.91 Å². The smallest absolute Gasteiger partial charge is 0.347 e. The molecule has 3 heterocycles. The first-order chi connectivity index (χ1) is 12.0. The van der Waals surface area contributed by atoms with Crippen LogP contribution in [0.5, 0.6) is 0 Å². The minimum absolute atomic E-state index is 0.0902. The number of rotatable bonds is 1. The van der Waals surface area contributed by atoms with E-state index in [0.29, 0.717) is 23.7 Å². The van der Waals surface area contributed by atoms with E-state index in [4.69, 9.17) is 0 Å². The van der Waals surface area contributed by atoms with Gasteiger partial charge in [-0.25, -0.2) is 9.89 Å². The van der Waals surface area contributed by atoms with Gasteiger partial charge in [-0.05, 0) is 30.2 Å². The predicted octanol–water partition coefficient (Wildman–Crippen LogP) is 1.76. The highest BCUT2D eigenvalue weighted by Gasteiger charge is 2.27. The predicted molar refractivity (Wildman–Crippen MR) is 96.4 cm³/mol. The molecule has 7 heteroatoms. The third kappa shape index (κ3) is 2.57. The molecule has 0 radical (unpaired) electrons. The van der Waals surface area contributed by atoms with Crippen LogP contribution in [0.2, 0.25) is 0 Å². The van der Waals surface area contributed by atoms with Crippen molar-refractivity contribution in [3.8, 4) is 0 Å². The fourth-order valence-corrected chi connectivity index (χ4v) is 3.43. The molecule has 25 heavy (non-hydrogen) atoms. The standard InChI is InChI=1S/C18H19N5O2/c1-12-10-21(2)14-5-3-4-6-15(14)23(11-12)17(24)13-7-8-22-16(9-13)19-20-18(22)25/h3-9,12H,10-11H2,1-2H3,(H,20,25). The van der Waals surface area contributed by atoms with E-state index in [1.807, 2.05) is 36.2 Å². The summed E-state index contributed by atoms with van der Waals surface area (Å²) in [5, 5.41) is 6.33. The molecule has 1 N–H and O–H groups in total. The van der Waals surface area contributed by atoms with Gasteiger partial charge in [0.1, 0.15) is 0 Å². The Balaban J connectivity index is 1.79. The normalized spacial score (nSPS) is 17.4. The molecule has 1 aliphatic rings. The van der Waals surface area contributed by atoms with Crippen molar-refractivity contribution in [2.24, 2.45) is 5.92 Å². The molecule has 1 unspecified atom stereocenters. The summed E-state index contributed by atoms with van der Waals surface area (Å²) in [6.07, 6.45) is 1.58. The fraction of sp³-hybridized carbons (Fsp3) is 0.278. The summed E-state index contributed by atoms with van der Waals surface area (Å²) < 4.78 is 1.38. The van der Waals surface area contributed by atoms with E-state index in [2.05, 4.69) is 22.0 Å². The molecule has 128 valence electrons. The van der Waals surface area contributed by atoms with Crippen LogP contribution >= 0.6 is 0 Å². The third-order valence-electron chi connectivity index (χ3n) is 4.58. The van der Waals surface area contributed by atoms with Crippen LogP contribution in [0, 0.1) is 5.92 Å². The Morgan fingerprint density at radius 1 is 1.20 bits per heavy atom. The first kappa shape index (κ1) is 15.4. The number of anilines is 2. The topological polar surface area (TPSA) is 73.7 Å². The van der Waals surface area contributed by atoms with Gasteiger partial charge in [0.2, 0.25) is 0 Å². The molecule has 0 aliphatic carbocycles. The van der Waals surface area contributed by atoms with E-state index < -0.39 is 0 Å².